The highest BCUT2D eigenvalue weighted by Gasteiger charge is 2.18. The smallest absolute Gasteiger partial charge is 0.241 e. The Bertz CT molecular complexity index is 802. The van der Waals surface area contributed by atoms with Gasteiger partial charge in [-0.3, -0.25) is 14.5 Å². The number of likely N-dealkylation sites (N-methyl/N-ethyl adjacent to an activating group) is 1. The number of carbonyl (C=O) groups excluding carboxylic acids is 2. The van der Waals surface area contributed by atoms with Crippen molar-refractivity contribution < 1.29 is 9.59 Å². The number of benzene rings is 2. The van der Waals surface area contributed by atoms with E-state index in [1.807, 2.05) is 62.4 Å². The van der Waals surface area contributed by atoms with E-state index in [2.05, 4.69) is 11.9 Å². The van der Waals surface area contributed by atoms with Crippen LogP contribution in [-0.2, 0) is 9.59 Å². The van der Waals surface area contributed by atoms with E-state index in [1.54, 1.807) is 22.9 Å². The average molecular weight is 365 g/mol. The van der Waals surface area contributed by atoms with Gasteiger partial charge in [-0.2, -0.15) is 0 Å². The van der Waals surface area contributed by atoms with Crippen molar-refractivity contribution in [2.24, 2.45) is 0 Å². The first-order valence-electron chi connectivity index (χ1n) is 8.93. The van der Waals surface area contributed by atoms with Crippen molar-refractivity contribution in [1.82, 2.24) is 4.90 Å². The third-order valence-corrected chi connectivity index (χ3v) is 4.38. The Balaban J connectivity index is 1.96. The summed E-state index contributed by atoms with van der Waals surface area (Å²) in [5.41, 5.74) is 3.79. The highest BCUT2D eigenvalue weighted by atomic mass is 16.2. The molecule has 0 fully saturated rings. The van der Waals surface area contributed by atoms with Crippen LogP contribution in [0.3, 0.4) is 0 Å². The number of para-hydroxylation sites is 1. The minimum atomic E-state index is -0.144. The summed E-state index contributed by atoms with van der Waals surface area (Å²) in [6.07, 6.45) is 1.69. The van der Waals surface area contributed by atoms with Crippen LogP contribution in [0.4, 0.5) is 11.4 Å². The number of nitrogens with one attached hydrogen (secondary N) is 1. The maximum Gasteiger partial charge on any atom is 0.241 e. The van der Waals surface area contributed by atoms with E-state index >= 15 is 0 Å². The Labute approximate surface area is 161 Å². The van der Waals surface area contributed by atoms with E-state index in [4.69, 9.17) is 0 Å². The molecule has 27 heavy (non-hydrogen) atoms. The van der Waals surface area contributed by atoms with E-state index in [0.29, 0.717) is 6.54 Å². The molecule has 0 spiro atoms. The predicted octanol–water partition coefficient (Wildman–Crippen LogP) is 3.39. The number of hydrogen-bond donors (Lipinski definition) is 1. The van der Waals surface area contributed by atoms with Gasteiger partial charge in [0.25, 0.3) is 0 Å². The molecule has 2 rings (SSSR count). The molecule has 0 bridgehead atoms. The van der Waals surface area contributed by atoms with Crippen molar-refractivity contribution in [2.45, 2.75) is 13.8 Å². The van der Waals surface area contributed by atoms with Crippen molar-refractivity contribution >= 4 is 23.2 Å². The second-order valence-corrected chi connectivity index (χ2v) is 6.60. The summed E-state index contributed by atoms with van der Waals surface area (Å²) >= 11 is 0. The molecule has 5 heteroatoms. The summed E-state index contributed by atoms with van der Waals surface area (Å²) in [6, 6.07) is 15.3. The molecule has 0 aliphatic heterocycles. The summed E-state index contributed by atoms with van der Waals surface area (Å²) in [5.74, 6) is -0.225. The second kappa shape index (κ2) is 9.69. The molecular weight excluding hydrogens is 338 g/mol. The average Bonchev–Trinajstić information content (AvgIpc) is 2.64. The predicted molar refractivity (Wildman–Crippen MR) is 111 cm³/mol. The van der Waals surface area contributed by atoms with Gasteiger partial charge >= 0.3 is 0 Å². The third-order valence-electron chi connectivity index (χ3n) is 4.38. The third kappa shape index (κ3) is 5.79. The van der Waals surface area contributed by atoms with Gasteiger partial charge in [-0.15, -0.1) is 6.58 Å². The van der Waals surface area contributed by atoms with Crippen LogP contribution in [0.1, 0.15) is 11.1 Å². The van der Waals surface area contributed by atoms with E-state index in [9.17, 15) is 9.59 Å². The highest BCUT2D eigenvalue weighted by molar-refractivity contribution is 5.96. The molecule has 0 aliphatic rings. The number of aryl methyl sites for hydroxylation is 1. The van der Waals surface area contributed by atoms with E-state index in [0.717, 1.165) is 22.5 Å². The quantitative estimate of drug-likeness (QED) is 0.730. The van der Waals surface area contributed by atoms with Gasteiger partial charge in [0.15, 0.2) is 0 Å². The van der Waals surface area contributed by atoms with E-state index in [1.165, 1.54) is 0 Å². The van der Waals surface area contributed by atoms with Crippen LogP contribution in [0.2, 0.25) is 0 Å². The van der Waals surface area contributed by atoms with Gasteiger partial charge < -0.3 is 10.2 Å². The second-order valence-electron chi connectivity index (χ2n) is 6.60. The summed E-state index contributed by atoms with van der Waals surface area (Å²) in [4.78, 5) is 28.4. The number of amides is 2. The number of hydrogen-bond acceptors (Lipinski definition) is 3. The molecule has 5 nitrogen and oxygen atoms in total. The van der Waals surface area contributed by atoms with Crippen LogP contribution in [0, 0.1) is 13.8 Å². The van der Waals surface area contributed by atoms with Gasteiger partial charge in [-0.05, 0) is 50.2 Å². The van der Waals surface area contributed by atoms with Crippen LogP contribution >= 0.6 is 0 Å². The standard InChI is InChI=1S/C22H27N3O2/c1-5-14-25(19-11-7-6-8-12-19)22(27)16-24(4)15-21(26)23-20-13-9-10-17(2)18(20)3/h5-13H,1,14-16H2,2-4H3,(H,23,26). The molecule has 142 valence electrons. The molecule has 0 saturated carbocycles. The van der Waals surface area contributed by atoms with Crippen molar-refractivity contribution in [3.63, 3.8) is 0 Å². The molecule has 2 aromatic carbocycles. The summed E-state index contributed by atoms with van der Waals surface area (Å²) in [7, 11) is 1.76. The fraction of sp³-hybridized carbons (Fsp3) is 0.273. The fourth-order valence-electron chi connectivity index (χ4n) is 2.78. The molecule has 0 radical (unpaired) electrons. The zero-order valence-corrected chi connectivity index (χ0v) is 16.2. The first-order chi connectivity index (χ1) is 12.9. The van der Waals surface area contributed by atoms with Gasteiger partial charge in [0.1, 0.15) is 0 Å². The zero-order valence-electron chi connectivity index (χ0n) is 16.2. The Kier molecular flexibility index (Phi) is 7.32. The van der Waals surface area contributed by atoms with Gasteiger partial charge in [0, 0.05) is 17.9 Å². The molecule has 0 aromatic heterocycles. The normalized spacial score (nSPS) is 10.5. The number of rotatable bonds is 8. The minimum absolute atomic E-state index is 0.0804. The molecule has 0 atom stereocenters. The highest BCUT2D eigenvalue weighted by Crippen LogP contribution is 2.18. The molecular formula is C22H27N3O2. The SMILES string of the molecule is C=CCN(C(=O)CN(C)CC(=O)Nc1cccc(C)c1C)c1ccccc1. The van der Waals surface area contributed by atoms with Crippen molar-refractivity contribution in [1.29, 1.82) is 0 Å². The Morgan fingerprint density at radius 2 is 1.74 bits per heavy atom. The minimum Gasteiger partial charge on any atom is -0.325 e. The molecule has 0 saturated heterocycles. The largest absolute Gasteiger partial charge is 0.325 e. The van der Waals surface area contributed by atoms with Crippen LogP contribution in [-0.4, -0.2) is 43.4 Å². The number of nitrogens with zero attached hydrogens (tertiary/aromatic N) is 2. The lowest BCUT2D eigenvalue weighted by Crippen LogP contribution is -2.41. The lowest BCUT2D eigenvalue weighted by Gasteiger charge is -2.24. The van der Waals surface area contributed by atoms with Crippen LogP contribution in [0.5, 0.6) is 0 Å². The van der Waals surface area contributed by atoms with E-state index in [-0.39, 0.29) is 24.9 Å². The molecule has 2 amide bonds. The lowest BCUT2D eigenvalue weighted by atomic mass is 10.1. The molecule has 0 unspecified atom stereocenters. The molecule has 0 heterocycles. The Morgan fingerprint density at radius 3 is 2.41 bits per heavy atom. The lowest BCUT2D eigenvalue weighted by molar-refractivity contribution is -0.120. The van der Waals surface area contributed by atoms with Gasteiger partial charge in [-0.1, -0.05) is 36.4 Å². The summed E-state index contributed by atoms with van der Waals surface area (Å²) < 4.78 is 0. The van der Waals surface area contributed by atoms with E-state index < -0.39 is 0 Å². The monoisotopic (exact) mass is 365 g/mol. The summed E-state index contributed by atoms with van der Waals surface area (Å²) in [6.45, 7) is 8.41. The summed E-state index contributed by atoms with van der Waals surface area (Å²) in [5, 5.41) is 2.92. The molecule has 1 N–H and O–H groups in total. The van der Waals surface area contributed by atoms with Gasteiger partial charge in [0.05, 0.1) is 13.1 Å². The van der Waals surface area contributed by atoms with Crippen LogP contribution in [0.15, 0.2) is 61.2 Å². The van der Waals surface area contributed by atoms with Crippen LogP contribution < -0.4 is 10.2 Å². The zero-order chi connectivity index (χ0) is 19.8. The first kappa shape index (κ1) is 20.4. The molecule has 2 aromatic rings. The topological polar surface area (TPSA) is 52.7 Å². The maximum atomic E-state index is 12.7. The van der Waals surface area contributed by atoms with Crippen molar-refractivity contribution in [2.75, 3.05) is 36.9 Å². The number of carbonyl (C=O) groups is 2. The molecule has 0 aliphatic carbocycles. The van der Waals surface area contributed by atoms with Crippen molar-refractivity contribution in [3.05, 3.63) is 72.3 Å². The first-order valence-corrected chi connectivity index (χ1v) is 8.93. The van der Waals surface area contributed by atoms with Gasteiger partial charge in [-0.25, -0.2) is 0 Å². The van der Waals surface area contributed by atoms with Crippen LogP contribution in [0.25, 0.3) is 0 Å². The maximum absolute atomic E-state index is 12.7. The Hall–Kier alpha value is -2.92. The van der Waals surface area contributed by atoms with Crippen molar-refractivity contribution in [3.8, 4) is 0 Å². The fourth-order valence-corrected chi connectivity index (χ4v) is 2.78. The number of anilines is 2. The Morgan fingerprint density at radius 1 is 1.04 bits per heavy atom. The van der Waals surface area contributed by atoms with Gasteiger partial charge in [0.2, 0.25) is 11.8 Å².